The van der Waals surface area contributed by atoms with Gasteiger partial charge < -0.3 is 0 Å². The molecule has 0 saturated heterocycles. The summed E-state index contributed by atoms with van der Waals surface area (Å²) in [5, 5.41) is 0. The number of rotatable bonds is 17. The van der Waals surface area contributed by atoms with Gasteiger partial charge in [0.15, 0.2) is 0 Å². The Hall–Kier alpha value is -2.53. The van der Waals surface area contributed by atoms with Gasteiger partial charge in [0.1, 0.15) is 0 Å². The maximum atomic E-state index is 5.74. The van der Waals surface area contributed by atoms with Crippen molar-refractivity contribution in [3.63, 3.8) is 0 Å². The molecule has 0 bridgehead atoms. The molecule has 4 atom stereocenters. The van der Waals surface area contributed by atoms with E-state index in [1.54, 1.807) is 60.1 Å². The Morgan fingerprint density at radius 3 is 0.704 bits per heavy atom. The van der Waals surface area contributed by atoms with E-state index in [-0.39, 0.29) is 27.4 Å². The van der Waals surface area contributed by atoms with Crippen molar-refractivity contribution in [2.45, 2.75) is 0 Å². The normalized spacial score (nSPS) is 13.7. The third-order valence-electron chi connectivity index (χ3n) is 8.32. The molecule has 0 aliphatic rings. The standard InChI is InChI=1S/C42H42As6O6/c1-49-37-19-7-31(8-20-37)43-45(33-11-23-39(51-3)24-12-33)47(35-15-27-41(53-5)28-16-35)48(36-17-29-42(54-6)30-18-36)46(34-13-25-40(52-4)26-14-34)44-32-9-21-38(50-2)22-10-32/h7-30H,1-6H3. The molecule has 0 amide bonds. The molecule has 6 nitrogen and oxygen atoms in total. The van der Waals surface area contributed by atoms with Crippen LogP contribution in [0.25, 0.3) is 0 Å². The van der Waals surface area contributed by atoms with E-state index < -0.39 is 42.1 Å². The van der Waals surface area contributed by atoms with Crippen molar-refractivity contribution in [1.82, 2.24) is 0 Å². The molecule has 2 radical (unpaired) electrons. The minimum absolute atomic E-state index is 0.133. The third-order valence-corrected chi connectivity index (χ3v) is 186. The summed E-state index contributed by atoms with van der Waals surface area (Å²) in [6.45, 7) is 0. The molecule has 12 heteroatoms. The Balaban J connectivity index is 1.62. The molecule has 54 heavy (non-hydrogen) atoms. The predicted molar refractivity (Wildman–Crippen MR) is 230 cm³/mol. The van der Waals surface area contributed by atoms with E-state index in [1.807, 2.05) is 0 Å². The SMILES string of the molecule is COc1ccc([As][As](c2ccc(OC)cc2)[As](c2ccc(OC)cc2)[As](c2ccc(OC)cc2)[As]([As]c2ccc(OC)cc2)c2ccc(OC)cc2)cc1. The first kappa shape index (κ1) is 41.1. The van der Waals surface area contributed by atoms with Gasteiger partial charge in [0, 0.05) is 0 Å². The van der Waals surface area contributed by atoms with E-state index in [9.17, 15) is 0 Å². The van der Waals surface area contributed by atoms with Gasteiger partial charge in [-0.25, -0.2) is 0 Å². The van der Waals surface area contributed by atoms with Crippen LogP contribution in [0.1, 0.15) is 0 Å². The van der Waals surface area contributed by atoms with E-state index in [4.69, 9.17) is 28.4 Å². The van der Waals surface area contributed by atoms with Crippen molar-refractivity contribution in [2.75, 3.05) is 42.7 Å². The maximum absolute atomic E-state index is 5.74. The fourth-order valence-corrected chi connectivity index (χ4v) is 332. The van der Waals surface area contributed by atoms with Crippen molar-refractivity contribution in [3.8, 4) is 34.5 Å². The van der Waals surface area contributed by atoms with Gasteiger partial charge in [-0.1, -0.05) is 0 Å². The van der Waals surface area contributed by atoms with E-state index in [0.29, 0.717) is 0 Å². The topological polar surface area (TPSA) is 55.4 Å². The second-order valence-electron chi connectivity index (χ2n) is 11.5. The summed E-state index contributed by atoms with van der Waals surface area (Å²) < 4.78 is 43.2. The molecule has 6 rings (SSSR count). The van der Waals surface area contributed by atoms with Crippen molar-refractivity contribution in [3.05, 3.63) is 146 Å². The van der Waals surface area contributed by atoms with E-state index >= 15 is 0 Å². The molecule has 0 saturated carbocycles. The van der Waals surface area contributed by atoms with Crippen LogP contribution >= 0.6 is 0 Å². The van der Waals surface area contributed by atoms with Crippen LogP contribution in [0.5, 0.6) is 34.5 Å². The predicted octanol–water partition coefficient (Wildman–Crippen LogP) is 2.93. The number of hydrogen-bond donors (Lipinski definition) is 0. The molecule has 0 heterocycles. The van der Waals surface area contributed by atoms with Crippen LogP contribution in [0.15, 0.2) is 146 Å². The molecule has 4 unspecified atom stereocenters. The summed E-state index contributed by atoms with van der Waals surface area (Å²) in [5.41, 5.74) is 0. The van der Waals surface area contributed by atoms with E-state index in [0.717, 1.165) is 34.5 Å². The summed E-state index contributed by atoms with van der Waals surface area (Å²) >= 11 is -0.267. The monoisotopic (exact) mass is 1090 g/mol. The summed E-state index contributed by atoms with van der Waals surface area (Å²) in [7, 11) is 3.26. The van der Waals surface area contributed by atoms with Gasteiger partial charge in [-0.3, -0.25) is 0 Å². The van der Waals surface area contributed by atoms with Gasteiger partial charge in [-0.15, -0.1) is 0 Å². The minimum atomic E-state index is -1.86. The molecule has 0 aliphatic carbocycles. The first-order chi connectivity index (χ1) is 26.5. The molecule has 6 aromatic rings. The fourth-order valence-electron chi connectivity index (χ4n) is 5.40. The zero-order chi connectivity index (χ0) is 37.9. The fraction of sp³-hybridized carbons (Fsp3) is 0.143. The van der Waals surface area contributed by atoms with Gasteiger partial charge in [-0.05, 0) is 0 Å². The van der Waals surface area contributed by atoms with E-state index in [2.05, 4.69) is 146 Å². The van der Waals surface area contributed by atoms with Crippen LogP contribution in [0, 0.1) is 0 Å². The molecule has 0 aliphatic heterocycles. The average molecular weight is 1090 g/mol. The Labute approximate surface area is 343 Å². The number of methoxy groups -OCH3 is 6. The molecule has 276 valence electrons. The Kier molecular flexibility index (Phi) is 15.7. The summed E-state index contributed by atoms with van der Waals surface area (Å²) in [5.74, 6) is 5.40. The van der Waals surface area contributed by atoms with Gasteiger partial charge in [0.05, 0.1) is 0 Å². The molecular formula is C42H42As6O6. The zero-order valence-corrected chi connectivity index (χ0v) is 42.2. The van der Waals surface area contributed by atoms with Gasteiger partial charge in [0.2, 0.25) is 0 Å². The second kappa shape index (κ2) is 20.6. The van der Waals surface area contributed by atoms with E-state index in [1.165, 1.54) is 8.70 Å². The van der Waals surface area contributed by atoms with Crippen LogP contribution in [0.3, 0.4) is 0 Å². The third kappa shape index (κ3) is 10.4. The molecule has 6 aromatic carbocycles. The van der Waals surface area contributed by atoms with Crippen molar-refractivity contribution in [1.29, 1.82) is 0 Å². The summed E-state index contributed by atoms with van der Waals surface area (Å²) in [6, 6.07) is 54.6. The zero-order valence-electron chi connectivity index (χ0n) is 31.0. The molecule has 0 fully saturated rings. The second-order valence-corrected chi connectivity index (χ2v) is 93.9. The van der Waals surface area contributed by atoms with Crippen molar-refractivity contribution in [2.24, 2.45) is 0 Å². The van der Waals surface area contributed by atoms with Crippen LogP contribution < -0.4 is 54.5 Å². The van der Waals surface area contributed by atoms with Crippen LogP contribution in [0.2, 0.25) is 0 Å². The average Bonchev–Trinajstić information content (AvgIpc) is 3.25. The van der Waals surface area contributed by atoms with Gasteiger partial charge >= 0.3 is 347 Å². The van der Waals surface area contributed by atoms with Crippen molar-refractivity contribution >= 4 is 95.6 Å². The van der Waals surface area contributed by atoms with Crippen LogP contribution in [-0.2, 0) is 0 Å². The molecule has 0 N–H and O–H groups in total. The van der Waals surface area contributed by atoms with Gasteiger partial charge in [0.25, 0.3) is 0 Å². The Morgan fingerprint density at radius 2 is 0.481 bits per heavy atom. The Morgan fingerprint density at radius 1 is 0.278 bits per heavy atom. The first-order valence-corrected chi connectivity index (χ1v) is 48.6. The molecule has 0 aromatic heterocycles. The van der Waals surface area contributed by atoms with Crippen LogP contribution in [0.4, 0.5) is 0 Å². The Bertz CT molecular complexity index is 1880. The number of hydrogen-bond acceptors (Lipinski definition) is 6. The molecular weight excluding hydrogens is 1050 g/mol. The van der Waals surface area contributed by atoms with Crippen LogP contribution in [-0.4, -0.2) is 112 Å². The first-order valence-electron chi connectivity index (χ1n) is 16.9. The molecule has 0 spiro atoms. The van der Waals surface area contributed by atoms with Crippen molar-refractivity contribution < 1.29 is 28.4 Å². The number of benzene rings is 6. The summed E-state index contributed by atoms with van der Waals surface area (Å²) in [6.07, 6.45) is 0. The number of ether oxygens (including phenoxy) is 6. The quantitative estimate of drug-likeness (QED) is 0.131. The van der Waals surface area contributed by atoms with Gasteiger partial charge in [-0.2, -0.15) is 0 Å². The summed E-state index contributed by atoms with van der Waals surface area (Å²) in [4.78, 5) is 0.